The molecule has 0 unspecified atom stereocenters. The van der Waals surface area contributed by atoms with Crippen LogP contribution in [0.3, 0.4) is 0 Å². The Bertz CT molecular complexity index is 490. The molecular formula is C13H19F3N4O. The highest BCUT2D eigenvalue weighted by Crippen LogP contribution is 2.37. The van der Waals surface area contributed by atoms with Crippen molar-refractivity contribution in [1.29, 1.82) is 0 Å². The van der Waals surface area contributed by atoms with Gasteiger partial charge in [0.2, 0.25) is 5.82 Å². The molecule has 21 heavy (non-hydrogen) atoms. The molecule has 1 heterocycles. The van der Waals surface area contributed by atoms with Gasteiger partial charge in [-0.25, -0.2) is 4.98 Å². The zero-order valence-electron chi connectivity index (χ0n) is 12.0. The lowest BCUT2D eigenvalue weighted by Gasteiger charge is -2.29. The van der Waals surface area contributed by atoms with Crippen LogP contribution in [0.15, 0.2) is 0 Å². The van der Waals surface area contributed by atoms with Crippen LogP contribution in [0.1, 0.15) is 61.9 Å². The molecule has 1 aromatic heterocycles. The van der Waals surface area contributed by atoms with Crippen molar-refractivity contribution < 1.29 is 18.0 Å². The summed E-state index contributed by atoms with van der Waals surface area (Å²) in [6, 6.07) is -0.239. The Morgan fingerprint density at radius 1 is 1.29 bits per heavy atom. The molecule has 8 heteroatoms. The highest BCUT2D eigenvalue weighted by molar-refractivity contribution is 5.90. The van der Waals surface area contributed by atoms with Gasteiger partial charge in [-0.05, 0) is 25.7 Å². The summed E-state index contributed by atoms with van der Waals surface area (Å²) in [6.45, 7) is 3.83. The summed E-state index contributed by atoms with van der Waals surface area (Å²) in [5, 5.41) is 9.22. The smallest absolute Gasteiger partial charge is 0.347 e. The SMILES string of the molecule is CC(C)c1nc(C(=O)NC2CCC(C(F)(F)F)CC2)n[nH]1. The number of hydrogen-bond donors (Lipinski definition) is 2. The molecule has 0 atom stereocenters. The van der Waals surface area contributed by atoms with E-state index in [1.54, 1.807) is 0 Å². The number of aromatic nitrogens is 3. The van der Waals surface area contributed by atoms with E-state index < -0.39 is 18.0 Å². The average molecular weight is 304 g/mol. The van der Waals surface area contributed by atoms with Crippen molar-refractivity contribution in [2.45, 2.75) is 57.7 Å². The number of nitrogens with one attached hydrogen (secondary N) is 2. The van der Waals surface area contributed by atoms with Crippen LogP contribution in [-0.4, -0.2) is 33.3 Å². The van der Waals surface area contributed by atoms with Crippen LogP contribution in [0.25, 0.3) is 0 Å². The molecule has 1 aliphatic rings. The summed E-state index contributed by atoms with van der Waals surface area (Å²) in [7, 11) is 0. The van der Waals surface area contributed by atoms with Crippen LogP contribution in [0.4, 0.5) is 13.2 Å². The van der Waals surface area contributed by atoms with E-state index in [1.165, 1.54) is 0 Å². The zero-order chi connectivity index (χ0) is 15.6. The third-order valence-corrected chi connectivity index (χ3v) is 3.78. The van der Waals surface area contributed by atoms with Crippen molar-refractivity contribution in [2.75, 3.05) is 0 Å². The Morgan fingerprint density at radius 2 is 1.90 bits per heavy atom. The first-order chi connectivity index (χ1) is 9.77. The third-order valence-electron chi connectivity index (χ3n) is 3.78. The minimum Gasteiger partial charge on any atom is -0.347 e. The van der Waals surface area contributed by atoms with Gasteiger partial charge in [-0.15, -0.1) is 5.10 Å². The lowest BCUT2D eigenvalue weighted by atomic mass is 9.85. The first-order valence-corrected chi connectivity index (χ1v) is 7.07. The van der Waals surface area contributed by atoms with Gasteiger partial charge >= 0.3 is 6.18 Å². The third kappa shape index (κ3) is 3.95. The van der Waals surface area contributed by atoms with Crippen molar-refractivity contribution in [2.24, 2.45) is 5.92 Å². The summed E-state index contributed by atoms with van der Waals surface area (Å²) in [5.74, 6) is -0.908. The second-order valence-electron chi connectivity index (χ2n) is 5.76. The number of alkyl halides is 3. The topological polar surface area (TPSA) is 70.7 Å². The molecule has 118 valence electrons. The number of halogens is 3. The fourth-order valence-corrected chi connectivity index (χ4v) is 2.45. The molecule has 0 spiro atoms. The Morgan fingerprint density at radius 3 is 2.38 bits per heavy atom. The Kier molecular flexibility index (Phi) is 4.53. The number of rotatable bonds is 3. The highest BCUT2D eigenvalue weighted by Gasteiger charge is 2.41. The number of carbonyl (C=O) groups is 1. The average Bonchev–Trinajstić information content (AvgIpc) is 2.88. The van der Waals surface area contributed by atoms with E-state index in [4.69, 9.17) is 0 Å². The van der Waals surface area contributed by atoms with E-state index in [9.17, 15) is 18.0 Å². The maximum Gasteiger partial charge on any atom is 0.391 e. The minimum atomic E-state index is -4.13. The molecule has 1 fully saturated rings. The summed E-state index contributed by atoms with van der Waals surface area (Å²) >= 11 is 0. The Labute approximate surface area is 120 Å². The molecule has 1 amide bonds. The van der Waals surface area contributed by atoms with E-state index in [0.717, 1.165) is 0 Å². The second kappa shape index (κ2) is 6.03. The van der Waals surface area contributed by atoms with Crippen molar-refractivity contribution >= 4 is 5.91 Å². The van der Waals surface area contributed by atoms with Gasteiger partial charge in [-0.1, -0.05) is 13.8 Å². The van der Waals surface area contributed by atoms with Crippen molar-refractivity contribution in [1.82, 2.24) is 20.5 Å². The van der Waals surface area contributed by atoms with E-state index in [2.05, 4.69) is 20.5 Å². The molecule has 0 aliphatic heterocycles. The monoisotopic (exact) mass is 304 g/mol. The van der Waals surface area contributed by atoms with Crippen molar-refractivity contribution in [3.63, 3.8) is 0 Å². The van der Waals surface area contributed by atoms with Crippen molar-refractivity contribution in [3.05, 3.63) is 11.6 Å². The van der Waals surface area contributed by atoms with Gasteiger partial charge in [0, 0.05) is 12.0 Å². The lowest BCUT2D eigenvalue weighted by molar-refractivity contribution is -0.182. The van der Waals surface area contributed by atoms with Gasteiger partial charge in [-0.2, -0.15) is 13.2 Å². The van der Waals surface area contributed by atoms with Gasteiger partial charge in [0.1, 0.15) is 5.82 Å². The normalized spacial score (nSPS) is 23.3. The quantitative estimate of drug-likeness (QED) is 0.902. The van der Waals surface area contributed by atoms with E-state index in [0.29, 0.717) is 18.7 Å². The molecule has 0 aromatic carbocycles. The summed E-state index contributed by atoms with van der Waals surface area (Å²) in [4.78, 5) is 16.0. The van der Waals surface area contributed by atoms with E-state index >= 15 is 0 Å². The molecule has 1 saturated carbocycles. The van der Waals surface area contributed by atoms with Gasteiger partial charge in [-0.3, -0.25) is 9.89 Å². The standard InChI is InChI=1S/C13H19F3N4O/c1-7(2)10-18-11(20-19-10)12(21)17-9-5-3-8(4-6-9)13(14,15)16/h7-9H,3-6H2,1-2H3,(H,17,21)(H,18,19,20). The van der Waals surface area contributed by atoms with Crippen molar-refractivity contribution in [3.8, 4) is 0 Å². The summed E-state index contributed by atoms with van der Waals surface area (Å²) in [5.41, 5.74) is 0. The van der Waals surface area contributed by atoms with Crippen LogP contribution >= 0.6 is 0 Å². The lowest BCUT2D eigenvalue weighted by Crippen LogP contribution is -2.40. The van der Waals surface area contributed by atoms with Crippen LogP contribution in [0.2, 0.25) is 0 Å². The van der Waals surface area contributed by atoms with Gasteiger partial charge in [0.05, 0.1) is 5.92 Å². The number of amides is 1. The van der Waals surface area contributed by atoms with Crippen LogP contribution in [0, 0.1) is 5.92 Å². The number of hydrogen-bond acceptors (Lipinski definition) is 3. The number of carbonyl (C=O) groups excluding carboxylic acids is 1. The van der Waals surface area contributed by atoms with Gasteiger partial charge in [0.25, 0.3) is 5.91 Å². The maximum absolute atomic E-state index is 12.6. The van der Waals surface area contributed by atoms with Gasteiger partial charge < -0.3 is 5.32 Å². The van der Waals surface area contributed by atoms with E-state index in [-0.39, 0.29) is 30.6 Å². The van der Waals surface area contributed by atoms with Crippen LogP contribution < -0.4 is 5.32 Å². The Balaban J connectivity index is 1.87. The predicted octanol–water partition coefficient (Wildman–Crippen LogP) is 2.78. The highest BCUT2D eigenvalue weighted by atomic mass is 19.4. The summed E-state index contributed by atoms with van der Waals surface area (Å²) in [6.07, 6.45) is -3.36. The molecule has 0 saturated heterocycles. The molecule has 0 radical (unpaired) electrons. The number of aromatic amines is 1. The first-order valence-electron chi connectivity index (χ1n) is 7.07. The predicted molar refractivity (Wildman–Crippen MR) is 69.7 cm³/mol. The van der Waals surface area contributed by atoms with Gasteiger partial charge in [0.15, 0.2) is 0 Å². The molecule has 2 rings (SSSR count). The molecular weight excluding hydrogens is 285 g/mol. The largest absolute Gasteiger partial charge is 0.391 e. The summed E-state index contributed by atoms with van der Waals surface area (Å²) < 4.78 is 37.7. The maximum atomic E-state index is 12.6. The molecule has 1 aliphatic carbocycles. The molecule has 1 aromatic rings. The Hall–Kier alpha value is -1.60. The molecule has 0 bridgehead atoms. The fraction of sp³-hybridized carbons (Fsp3) is 0.769. The van der Waals surface area contributed by atoms with Crippen LogP contribution in [0.5, 0.6) is 0 Å². The zero-order valence-corrected chi connectivity index (χ0v) is 12.0. The van der Waals surface area contributed by atoms with E-state index in [1.807, 2.05) is 13.8 Å². The molecule has 2 N–H and O–H groups in total. The second-order valence-corrected chi connectivity index (χ2v) is 5.76. The number of H-pyrrole nitrogens is 1. The minimum absolute atomic E-state index is 0.0386. The number of nitrogens with zero attached hydrogens (tertiary/aromatic N) is 2. The molecule has 5 nitrogen and oxygen atoms in total. The fourth-order valence-electron chi connectivity index (χ4n) is 2.45. The first kappa shape index (κ1) is 15.8. The van der Waals surface area contributed by atoms with Crippen LogP contribution in [-0.2, 0) is 0 Å².